The molecule has 56 valence electrons. The van der Waals surface area contributed by atoms with Gasteiger partial charge < -0.3 is 0 Å². The second kappa shape index (κ2) is 4.72. The average molecular weight is 308 g/mol. The minimum atomic E-state index is 1.05. The van der Waals surface area contributed by atoms with Crippen molar-refractivity contribution in [2.24, 2.45) is 5.84 Å². The molecular formula is C7H12N2W. The van der Waals surface area contributed by atoms with E-state index in [9.17, 15) is 0 Å². The van der Waals surface area contributed by atoms with Crippen molar-refractivity contribution in [1.82, 2.24) is 5.43 Å². The first kappa shape index (κ1) is 9.96. The topological polar surface area (TPSA) is 38.0 Å². The predicted octanol–water partition coefficient (Wildman–Crippen LogP) is 0.649. The number of hydrazine groups is 1. The van der Waals surface area contributed by atoms with E-state index in [1.165, 1.54) is 19.4 Å². The molecule has 0 atom stereocenters. The number of rotatable bonds is 3. The molecule has 2 nitrogen and oxygen atoms in total. The fourth-order valence-electron chi connectivity index (χ4n) is 0.549. The van der Waals surface area contributed by atoms with E-state index in [-0.39, 0.29) is 0 Å². The Morgan fingerprint density at radius 3 is 2.40 bits per heavy atom. The van der Waals surface area contributed by atoms with Crippen molar-refractivity contribution in [3.05, 3.63) is 23.8 Å². The third-order valence-corrected chi connectivity index (χ3v) is 2.53. The van der Waals surface area contributed by atoms with Gasteiger partial charge in [-0.3, -0.25) is 0 Å². The summed E-state index contributed by atoms with van der Waals surface area (Å²) in [7, 11) is 0. The van der Waals surface area contributed by atoms with Crippen LogP contribution in [0.15, 0.2) is 23.8 Å². The van der Waals surface area contributed by atoms with E-state index in [0.717, 1.165) is 15.2 Å². The molecule has 0 rings (SSSR count). The van der Waals surface area contributed by atoms with Crippen LogP contribution in [0.3, 0.4) is 0 Å². The van der Waals surface area contributed by atoms with Crippen LogP contribution in [0.4, 0.5) is 0 Å². The summed E-state index contributed by atoms with van der Waals surface area (Å²) in [6.07, 6.45) is 2.00. The molecule has 0 spiro atoms. The van der Waals surface area contributed by atoms with E-state index in [0.29, 0.717) is 0 Å². The van der Waals surface area contributed by atoms with Gasteiger partial charge in [-0.15, -0.1) is 0 Å². The Hall–Kier alpha value is -0.0417. The molecular weight excluding hydrogens is 296 g/mol. The Kier molecular flexibility index (Phi) is 4.71. The third-order valence-electron chi connectivity index (χ3n) is 0.952. The molecule has 0 aromatic heterocycles. The minimum absolute atomic E-state index is 1.05. The van der Waals surface area contributed by atoms with Crippen molar-refractivity contribution in [1.29, 1.82) is 0 Å². The molecule has 0 radical (unpaired) electrons. The van der Waals surface area contributed by atoms with Gasteiger partial charge in [0.1, 0.15) is 0 Å². The van der Waals surface area contributed by atoms with Gasteiger partial charge in [0.2, 0.25) is 0 Å². The summed E-state index contributed by atoms with van der Waals surface area (Å²) >= 11 is 1.34. The predicted molar refractivity (Wildman–Crippen MR) is 40.9 cm³/mol. The summed E-state index contributed by atoms with van der Waals surface area (Å²) in [5, 5.41) is 0. The molecule has 3 N–H and O–H groups in total. The Labute approximate surface area is 72.6 Å². The number of hydrogen-bond donors (Lipinski definition) is 2. The average Bonchev–Trinajstić information content (AvgIpc) is 1.85. The molecule has 10 heavy (non-hydrogen) atoms. The van der Waals surface area contributed by atoms with Crippen LogP contribution in [-0.4, -0.2) is 4.02 Å². The van der Waals surface area contributed by atoms with Gasteiger partial charge in [0.25, 0.3) is 0 Å². The summed E-state index contributed by atoms with van der Waals surface area (Å²) in [4.78, 5) is 0. The van der Waals surface area contributed by atoms with Gasteiger partial charge in [-0.25, -0.2) is 0 Å². The summed E-state index contributed by atoms with van der Waals surface area (Å²) in [5.74, 6) is 5.21. The van der Waals surface area contributed by atoms with Crippen molar-refractivity contribution in [3.8, 4) is 0 Å². The molecule has 0 bridgehead atoms. The molecule has 3 heteroatoms. The van der Waals surface area contributed by atoms with Crippen molar-refractivity contribution < 1.29 is 19.4 Å². The Morgan fingerprint density at radius 1 is 1.60 bits per heavy atom. The van der Waals surface area contributed by atoms with E-state index < -0.39 is 0 Å². The first-order valence-corrected chi connectivity index (χ1v) is 4.39. The van der Waals surface area contributed by atoms with Crippen LogP contribution < -0.4 is 11.3 Å². The van der Waals surface area contributed by atoms with Crippen LogP contribution in [0.25, 0.3) is 0 Å². The number of nitrogens with one attached hydrogen (secondary N) is 1. The Balaban J connectivity index is 4.19. The maximum absolute atomic E-state index is 5.21. The molecule has 0 saturated carbocycles. The second-order valence-corrected chi connectivity index (χ2v) is 3.61. The van der Waals surface area contributed by atoms with Gasteiger partial charge in [0.05, 0.1) is 0 Å². The van der Waals surface area contributed by atoms with Crippen LogP contribution in [0, 0.1) is 0 Å². The fourth-order valence-corrected chi connectivity index (χ4v) is 0.761. The van der Waals surface area contributed by atoms with Gasteiger partial charge in [0.15, 0.2) is 0 Å². The van der Waals surface area contributed by atoms with E-state index in [4.69, 9.17) is 5.84 Å². The standard InChI is InChI=1S/C7H12N2.W/c1-6(2)4-7(3)5-9-8;/h4,9H,1,8H2,2-3H3;/b7-4-;. The number of nitrogens with two attached hydrogens (primary N) is 1. The molecule has 0 aromatic rings. The van der Waals surface area contributed by atoms with Crippen molar-refractivity contribution >= 4 is 4.02 Å². The van der Waals surface area contributed by atoms with Gasteiger partial charge >= 0.3 is 72.3 Å². The molecule has 0 aliphatic rings. The molecule has 0 amide bonds. The van der Waals surface area contributed by atoms with Crippen molar-refractivity contribution in [2.45, 2.75) is 13.8 Å². The summed E-state index contributed by atoms with van der Waals surface area (Å²) in [5.41, 5.74) is 4.82. The quantitative estimate of drug-likeness (QED) is 0.456. The first-order valence-electron chi connectivity index (χ1n) is 2.92. The van der Waals surface area contributed by atoms with E-state index >= 15 is 0 Å². The Morgan fingerprint density at radius 2 is 2.10 bits per heavy atom. The monoisotopic (exact) mass is 308 g/mol. The zero-order valence-corrected chi connectivity index (χ0v) is 9.20. The van der Waals surface area contributed by atoms with Crippen LogP contribution in [0.5, 0.6) is 0 Å². The summed E-state index contributed by atoms with van der Waals surface area (Å²) in [6.45, 7) is 7.73. The van der Waals surface area contributed by atoms with E-state index in [1.54, 1.807) is 0 Å². The summed E-state index contributed by atoms with van der Waals surface area (Å²) in [6, 6.07) is 0. The normalized spacial score (nSPS) is 11.3. The SMILES string of the molecule is C=C(C)/C=C(/C)[C](=[W])NN. The Bertz CT molecular complexity index is 182. The van der Waals surface area contributed by atoms with Crippen LogP contribution >= 0.6 is 0 Å². The number of hydrogen-bond acceptors (Lipinski definition) is 2. The van der Waals surface area contributed by atoms with Crippen LogP contribution in [0.1, 0.15) is 13.8 Å². The van der Waals surface area contributed by atoms with Gasteiger partial charge in [0, 0.05) is 0 Å². The van der Waals surface area contributed by atoms with E-state index in [1.807, 2.05) is 19.9 Å². The first-order chi connectivity index (χ1) is 4.57. The van der Waals surface area contributed by atoms with E-state index in [2.05, 4.69) is 12.0 Å². The molecule has 0 aromatic carbocycles. The van der Waals surface area contributed by atoms with Crippen molar-refractivity contribution in [2.75, 3.05) is 0 Å². The fraction of sp³-hybridized carbons (Fsp3) is 0.286. The molecule has 0 unspecified atom stereocenters. The third kappa shape index (κ3) is 3.89. The molecule has 0 heterocycles. The van der Waals surface area contributed by atoms with Crippen molar-refractivity contribution in [3.63, 3.8) is 0 Å². The van der Waals surface area contributed by atoms with Gasteiger partial charge in [-0.1, -0.05) is 0 Å². The molecule has 0 saturated heterocycles. The van der Waals surface area contributed by atoms with Gasteiger partial charge in [-0.05, 0) is 0 Å². The van der Waals surface area contributed by atoms with Crippen LogP contribution in [-0.2, 0) is 19.4 Å². The maximum atomic E-state index is 5.21. The number of allylic oxidation sites excluding steroid dienone is 2. The molecule has 0 fully saturated rings. The second-order valence-electron chi connectivity index (χ2n) is 2.15. The zero-order valence-electron chi connectivity index (χ0n) is 6.27. The molecule has 0 aliphatic heterocycles. The molecule has 0 aliphatic carbocycles. The van der Waals surface area contributed by atoms with Gasteiger partial charge in [-0.2, -0.15) is 0 Å². The zero-order chi connectivity index (χ0) is 8.15. The summed E-state index contributed by atoms with van der Waals surface area (Å²) < 4.78 is 1.06. The van der Waals surface area contributed by atoms with Crippen LogP contribution in [0.2, 0.25) is 0 Å².